The number of rotatable bonds is 6. The molecule has 2 N–H and O–H groups in total. The zero-order valence-corrected chi connectivity index (χ0v) is 11.8. The van der Waals surface area contributed by atoms with Crippen LogP contribution in [0.1, 0.15) is 37.7 Å². The highest BCUT2D eigenvalue weighted by Crippen LogP contribution is 2.22. The van der Waals surface area contributed by atoms with Crippen molar-refractivity contribution in [3.8, 4) is 0 Å². The Balaban J connectivity index is 2.93. The average molecular weight is 277 g/mol. The summed E-state index contributed by atoms with van der Waals surface area (Å²) < 4.78 is 32.9. The maximum Gasteiger partial charge on any atom is 0.244 e. The van der Waals surface area contributed by atoms with Gasteiger partial charge in [-0.15, -0.1) is 0 Å². The van der Waals surface area contributed by atoms with E-state index in [-0.39, 0.29) is 18.3 Å². The molecule has 104 valence electrons. The van der Waals surface area contributed by atoms with Crippen molar-refractivity contribution in [3.05, 3.63) is 11.7 Å². The molecule has 0 spiro atoms. The second-order valence-electron chi connectivity index (χ2n) is 4.48. The molecule has 0 saturated carbocycles. The lowest BCUT2D eigenvalue weighted by Gasteiger charge is -2.19. The van der Waals surface area contributed by atoms with Crippen LogP contribution in [-0.4, -0.2) is 38.0 Å². The summed E-state index contributed by atoms with van der Waals surface area (Å²) >= 11 is 0. The van der Waals surface area contributed by atoms with Crippen molar-refractivity contribution in [2.45, 2.75) is 31.6 Å². The van der Waals surface area contributed by atoms with E-state index in [0.29, 0.717) is 6.61 Å². The van der Waals surface area contributed by atoms with Crippen LogP contribution in [0.15, 0.2) is 4.52 Å². The fourth-order valence-electron chi connectivity index (χ4n) is 1.19. The summed E-state index contributed by atoms with van der Waals surface area (Å²) in [5.74, 6) is 0.280. The summed E-state index contributed by atoms with van der Waals surface area (Å²) in [6.07, 6.45) is 1.11. The minimum absolute atomic E-state index is 0.0423. The van der Waals surface area contributed by atoms with E-state index in [1.807, 2.05) is 6.92 Å². The lowest BCUT2D eigenvalue weighted by Crippen LogP contribution is -2.39. The van der Waals surface area contributed by atoms with Gasteiger partial charge in [0.25, 0.3) is 0 Å². The Morgan fingerprint density at radius 1 is 1.56 bits per heavy atom. The summed E-state index contributed by atoms with van der Waals surface area (Å²) in [5, 5.41) is 2.87. The number of hydrogen-bond acceptors (Lipinski definition) is 7. The Kier molecular flexibility index (Phi) is 4.46. The second-order valence-corrected chi connectivity index (χ2v) is 6.85. The van der Waals surface area contributed by atoms with Gasteiger partial charge in [-0.3, -0.25) is 0 Å². The van der Waals surface area contributed by atoms with Crippen LogP contribution < -0.4 is 5.73 Å². The third kappa shape index (κ3) is 3.50. The van der Waals surface area contributed by atoms with Gasteiger partial charge >= 0.3 is 0 Å². The Bertz CT molecular complexity index is 495. The molecule has 0 fully saturated rings. The lowest BCUT2D eigenvalue weighted by atomic mass is 10.1. The molecule has 2 unspecified atom stereocenters. The first-order valence-corrected chi connectivity index (χ1v) is 7.53. The Morgan fingerprint density at radius 3 is 2.67 bits per heavy atom. The molecule has 18 heavy (non-hydrogen) atoms. The second kappa shape index (κ2) is 5.33. The molecule has 0 saturated heterocycles. The van der Waals surface area contributed by atoms with Gasteiger partial charge in [-0.2, -0.15) is 4.98 Å². The highest BCUT2D eigenvalue weighted by molar-refractivity contribution is 7.90. The molecule has 0 aliphatic rings. The standard InChI is InChI=1S/C10H19N3O4S/c1-5-16-6-10(3,11)9-12-8(17-13-9)7(2)18(4,14)15/h7H,5-6,11H2,1-4H3. The van der Waals surface area contributed by atoms with Gasteiger partial charge < -0.3 is 15.0 Å². The first-order chi connectivity index (χ1) is 8.18. The van der Waals surface area contributed by atoms with E-state index in [1.165, 1.54) is 6.92 Å². The van der Waals surface area contributed by atoms with E-state index in [2.05, 4.69) is 10.1 Å². The van der Waals surface area contributed by atoms with E-state index in [0.717, 1.165) is 6.26 Å². The first kappa shape index (κ1) is 15.1. The highest BCUT2D eigenvalue weighted by Gasteiger charge is 2.31. The van der Waals surface area contributed by atoms with E-state index in [1.54, 1.807) is 6.92 Å². The molecule has 0 aliphatic carbocycles. The summed E-state index contributed by atoms with van der Waals surface area (Å²) in [5.41, 5.74) is 5.08. The molecular weight excluding hydrogens is 258 g/mol. The molecule has 0 amide bonds. The third-order valence-corrected chi connectivity index (χ3v) is 4.03. The quantitative estimate of drug-likeness (QED) is 0.800. The molecule has 2 atom stereocenters. The molecule has 1 heterocycles. The number of hydrogen-bond donors (Lipinski definition) is 1. The molecule has 8 heteroatoms. The zero-order valence-electron chi connectivity index (χ0n) is 11.0. The van der Waals surface area contributed by atoms with E-state index >= 15 is 0 Å². The first-order valence-electron chi connectivity index (χ1n) is 5.58. The van der Waals surface area contributed by atoms with Crippen LogP contribution in [0.4, 0.5) is 0 Å². The summed E-state index contributed by atoms with van der Waals surface area (Å²) in [6, 6.07) is 0. The minimum Gasteiger partial charge on any atom is -0.379 e. The smallest absolute Gasteiger partial charge is 0.244 e. The molecule has 1 rings (SSSR count). The van der Waals surface area contributed by atoms with Crippen LogP contribution in [0.3, 0.4) is 0 Å². The maximum atomic E-state index is 11.4. The molecule has 0 bridgehead atoms. The summed E-state index contributed by atoms with van der Waals surface area (Å²) in [6.45, 7) is 5.79. The highest BCUT2D eigenvalue weighted by atomic mass is 32.2. The average Bonchev–Trinajstić information content (AvgIpc) is 2.73. The van der Waals surface area contributed by atoms with E-state index in [9.17, 15) is 8.42 Å². The third-order valence-electron chi connectivity index (χ3n) is 2.55. The molecular formula is C10H19N3O4S. The SMILES string of the molecule is CCOCC(C)(N)c1noc(C(C)S(C)(=O)=O)n1. The summed E-state index contributed by atoms with van der Waals surface area (Å²) in [7, 11) is -3.27. The number of nitrogens with two attached hydrogens (primary N) is 1. The van der Waals surface area contributed by atoms with Crippen LogP contribution in [0.25, 0.3) is 0 Å². The normalized spacial score (nSPS) is 17.4. The number of nitrogens with zero attached hydrogens (tertiary/aromatic N) is 2. The van der Waals surface area contributed by atoms with Crippen molar-refractivity contribution < 1.29 is 17.7 Å². The maximum absolute atomic E-state index is 11.4. The zero-order chi connectivity index (χ0) is 14.0. The van der Waals surface area contributed by atoms with Gasteiger partial charge in [-0.25, -0.2) is 8.42 Å². The van der Waals surface area contributed by atoms with Gasteiger partial charge in [-0.1, -0.05) is 5.16 Å². The van der Waals surface area contributed by atoms with Crippen molar-refractivity contribution in [1.82, 2.24) is 10.1 Å². The van der Waals surface area contributed by atoms with Gasteiger partial charge in [0.1, 0.15) is 10.8 Å². The molecule has 1 aromatic heterocycles. The van der Waals surface area contributed by atoms with E-state index in [4.69, 9.17) is 15.0 Å². The fraction of sp³-hybridized carbons (Fsp3) is 0.800. The Labute approximate surface area is 107 Å². The molecule has 0 radical (unpaired) electrons. The minimum atomic E-state index is -3.27. The van der Waals surface area contributed by atoms with Crippen LogP contribution in [0, 0.1) is 0 Å². The number of sulfone groups is 1. The van der Waals surface area contributed by atoms with Crippen LogP contribution in [-0.2, 0) is 20.1 Å². The van der Waals surface area contributed by atoms with Crippen molar-refractivity contribution >= 4 is 9.84 Å². The molecule has 0 aromatic carbocycles. The number of ether oxygens (including phenoxy) is 1. The van der Waals surface area contributed by atoms with Gasteiger partial charge in [-0.05, 0) is 20.8 Å². The molecule has 7 nitrogen and oxygen atoms in total. The topological polar surface area (TPSA) is 108 Å². The van der Waals surface area contributed by atoms with Crippen molar-refractivity contribution in [1.29, 1.82) is 0 Å². The monoisotopic (exact) mass is 277 g/mol. The van der Waals surface area contributed by atoms with Gasteiger partial charge in [0, 0.05) is 12.9 Å². The Morgan fingerprint density at radius 2 is 2.17 bits per heavy atom. The van der Waals surface area contributed by atoms with Gasteiger partial charge in [0.05, 0.1) is 6.61 Å². The van der Waals surface area contributed by atoms with Gasteiger partial charge in [0.2, 0.25) is 5.89 Å². The molecule has 1 aromatic rings. The van der Waals surface area contributed by atoms with Crippen LogP contribution in [0.5, 0.6) is 0 Å². The summed E-state index contributed by atoms with van der Waals surface area (Å²) in [4.78, 5) is 4.04. The van der Waals surface area contributed by atoms with Gasteiger partial charge in [0.15, 0.2) is 15.7 Å². The van der Waals surface area contributed by atoms with Crippen molar-refractivity contribution in [3.63, 3.8) is 0 Å². The Hall–Kier alpha value is -0.990. The predicted molar refractivity (Wildman–Crippen MR) is 65.6 cm³/mol. The number of aromatic nitrogens is 2. The largest absolute Gasteiger partial charge is 0.379 e. The molecule has 0 aliphatic heterocycles. The predicted octanol–water partition coefficient (Wildman–Crippen LogP) is 0.386. The lowest BCUT2D eigenvalue weighted by molar-refractivity contribution is 0.0962. The van der Waals surface area contributed by atoms with Crippen molar-refractivity contribution in [2.24, 2.45) is 5.73 Å². The fourth-order valence-corrected chi connectivity index (χ4v) is 1.66. The van der Waals surface area contributed by atoms with Crippen molar-refractivity contribution in [2.75, 3.05) is 19.5 Å². The van der Waals surface area contributed by atoms with Crippen LogP contribution >= 0.6 is 0 Å². The van der Waals surface area contributed by atoms with Crippen LogP contribution in [0.2, 0.25) is 0 Å². The van der Waals surface area contributed by atoms with E-state index < -0.39 is 20.6 Å².